The summed E-state index contributed by atoms with van der Waals surface area (Å²) in [5, 5.41) is 12.5. The number of nitrogens with zero attached hydrogens (tertiary/aromatic N) is 2. The van der Waals surface area contributed by atoms with Gasteiger partial charge in [-0.25, -0.2) is 9.37 Å². The van der Waals surface area contributed by atoms with E-state index in [0.29, 0.717) is 17.0 Å². The van der Waals surface area contributed by atoms with Gasteiger partial charge >= 0.3 is 0 Å². The fourth-order valence-corrected chi connectivity index (χ4v) is 2.95. The molecule has 1 aromatic heterocycles. The van der Waals surface area contributed by atoms with Gasteiger partial charge in [0.1, 0.15) is 16.6 Å². The van der Waals surface area contributed by atoms with E-state index in [4.69, 9.17) is 16.3 Å². The fourth-order valence-electron chi connectivity index (χ4n) is 2.76. The summed E-state index contributed by atoms with van der Waals surface area (Å²) in [7, 11) is 1.69. The molecule has 0 aliphatic carbocycles. The maximum atomic E-state index is 13.1. The zero-order valence-corrected chi connectivity index (χ0v) is 15.1. The van der Waals surface area contributed by atoms with Gasteiger partial charge in [-0.15, -0.1) is 0 Å². The molecule has 1 atom stereocenters. The normalized spacial score (nSPS) is 17.4. The van der Waals surface area contributed by atoms with Crippen LogP contribution in [0.15, 0.2) is 36.0 Å². The van der Waals surface area contributed by atoms with Crippen LogP contribution in [0.2, 0.25) is 5.02 Å². The highest BCUT2D eigenvalue weighted by atomic mass is 35.5. The molecule has 1 amide bonds. The Labute approximate surface area is 154 Å². The minimum absolute atomic E-state index is 0.0667. The number of hydrogen-bond donors (Lipinski definition) is 2. The average molecular weight is 378 g/mol. The summed E-state index contributed by atoms with van der Waals surface area (Å²) in [6.45, 7) is 3.55. The van der Waals surface area contributed by atoms with Gasteiger partial charge in [0.15, 0.2) is 0 Å². The third-order valence-corrected chi connectivity index (χ3v) is 4.39. The molecule has 26 heavy (non-hydrogen) atoms. The lowest BCUT2D eigenvalue weighted by Gasteiger charge is -2.34. The molecule has 0 saturated heterocycles. The predicted molar refractivity (Wildman–Crippen MR) is 95.0 cm³/mol. The van der Waals surface area contributed by atoms with Gasteiger partial charge < -0.3 is 20.1 Å². The Morgan fingerprint density at radius 3 is 2.73 bits per heavy atom. The highest BCUT2D eigenvalue weighted by Crippen LogP contribution is 2.33. The Hall–Kier alpha value is -2.64. The van der Waals surface area contributed by atoms with Crippen molar-refractivity contribution in [3.63, 3.8) is 0 Å². The number of nitrogens with one attached hydrogen (secondary N) is 1. The molecule has 0 bridgehead atoms. The summed E-state index contributed by atoms with van der Waals surface area (Å²) in [6, 6.07) is 6.35. The number of carbonyl (C=O) groups is 1. The van der Waals surface area contributed by atoms with Crippen molar-refractivity contribution >= 4 is 23.2 Å². The van der Waals surface area contributed by atoms with E-state index < -0.39 is 12.2 Å². The minimum atomic E-state index is -1.10. The molecule has 1 unspecified atom stereocenters. The minimum Gasteiger partial charge on any atom is -0.438 e. The molecule has 2 aromatic rings. The number of benzene rings is 1. The second-order valence-corrected chi connectivity index (χ2v) is 6.36. The number of ether oxygens (including phenoxy) is 1. The number of rotatable bonds is 3. The first kappa shape index (κ1) is 18.2. The largest absolute Gasteiger partial charge is 0.438 e. The number of amides is 1. The average Bonchev–Trinajstić information content (AvgIpc) is 2.57. The number of carbonyl (C=O) groups excluding carboxylic acids is 1. The van der Waals surface area contributed by atoms with Crippen molar-refractivity contribution in [1.82, 2.24) is 15.2 Å². The predicted octanol–water partition coefficient (Wildman–Crippen LogP) is 3.04. The number of aromatic nitrogens is 1. The van der Waals surface area contributed by atoms with Crippen molar-refractivity contribution in [3.05, 3.63) is 58.0 Å². The lowest BCUT2D eigenvalue weighted by Crippen LogP contribution is -2.50. The van der Waals surface area contributed by atoms with Crippen LogP contribution in [-0.2, 0) is 4.79 Å². The number of aliphatic hydroxyl groups excluding tert-OH is 1. The van der Waals surface area contributed by atoms with Crippen molar-refractivity contribution in [1.29, 1.82) is 0 Å². The topological polar surface area (TPSA) is 74.7 Å². The summed E-state index contributed by atoms with van der Waals surface area (Å²) < 4.78 is 18.7. The molecule has 0 spiro atoms. The fraction of sp³-hybridized carbons (Fsp3) is 0.222. The monoisotopic (exact) mass is 377 g/mol. The van der Waals surface area contributed by atoms with Crippen molar-refractivity contribution in [2.24, 2.45) is 0 Å². The van der Waals surface area contributed by atoms with Crippen LogP contribution in [0, 0.1) is 12.7 Å². The summed E-state index contributed by atoms with van der Waals surface area (Å²) in [5.41, 5.74) is 2.73. The lowest BCUT2D eigenvalue weighted by atomic mass is 9.99. The van der Waals surface area contributed by atoms with Gasteiger partial charge in [-0.2, -0.15) is 0 Å². The first-order chi connectivity index (χ1) is 12.3. The molecule has 1 aromatic carbocycles. The molecule has 1 aliphatic heterocycles. The SMILES string of the molecule is CC1=C(c2ccc(Oc3ncc(F)cc3Cl)cc2C)N(C)C(O)NC1=O. The molecule has 136 valence electrons. The van der Waals surface area contributed by atoms with Crippen LogP contribution in [0.5, 0.6) is 11.6 Å². The highest BCUT2D eigenvalue weighted by molar-refractivity contribution is 6.31. The highest BCUT2D eigenvalue weighted by Gasteiger charge is 2.28. The standard InChI is InChI=1S/C18H17ClFN3O3/c1-9-6-12(26-17-14(19)7-11(20)8-21-17)4-5-13(9)15-10(2)16(24)22-18(25)23(15)3/h4-8,18,25H,1-3H3,(H,22,24). The molecule has 0 radical (unpaired) electrons. The number of hydrogen-bond acceptors (Lipinski definition) is 5. The van der Waals surface area contributed by atoms with E-state index in [2.05, 4.69) is 10.3 Å². The van der Waals surface area contributed by atoms with Gasteiger partial charge in [-0.05, 0) is 43.7 Å². The molecule has 3 rings (SSSR count). The van der Waals surface area contributed by atoms with Crippen molar-refractivity contribution in [3.8, 4) is 11.6 Å². The van der Waals surface area contributed by atoms with Gasteiger partial charge in [-0.1, -0.05) is 11.6 Å². The summed E-state index contributed by atoms with van der Waals surface area (Å²) >= 11 is 5.93. The first-order valence-electron chi connectivity index (χ1n) is 7.80. The van der Waals surface area contributed by atoms with Crippen LogP contribution in [0.3, 0.4) is 0 Å². The van der Waals surface area contributed by atoms with Gasteiger partial charge in [0, 0.05) is 18.2 Å². The quantitative estimate of drug-likeness (QED) is 0.860. The molecule has 1 aliphatic rings. The summed E-state index contributed by atoms with van der Waals surface area (Å²) in [4.78, 5) is 17.4. The van der Waals surface area contributed by atoms with E-state index in [0.717, 1.165) is 23.4 Å². The number of halogens is 2. The van der Waals surface area contributed by atoms with E-state index in [9.17, 15) is 14.3 Å². The van der Waals surface area contributed by atoms with Crippen molar-refractivity contribution < 1.29 is 19.0 Å². The lowest BCUT2D eigenvalue weighted by molar-refractivity contribution is -0.124. The summed E-state index contributed by atoms with van der Waals surface area (Å²) in [6.07, 6.45) is -0.0770. The molecule has 0 saturated carbocycles. The molecule has 6 nitrogen and oxygen atoms in total. The third-order valence-electron chi connectivity index (χ3n) is 4.12. The van der Waals surface area contributed by atoms with Crippen LogP contribution in [0.1, 0.15) is 18.1 Å². The number of aliphatic hydroxyl groups is 1. The van der Waals surface area contributed by atoms with Gasteiger partial charge in [0.25, 0.3) is 5.91 Å². The number of pyridine rings is 1. The van der Waals surface area contributed by atoms with Crippen LogP contribution in [0.4, 0.5) is 4.39 Å². The first-order valence-corrected chi connectivity index (χ1v) is 8.18. The third kappa shape index (κ3) is 3.36. The van der Waals surface area contributed by atoms with Gasteiger partial charge in [-0.3, -0.25) is 4.79 Å². The molecule has 8 heteroatoms. The molecule has 2 N–H and O–H groups in total. The van der Waals surface area contributed by atoms with Gasteiger partial charge in [0.2, 0.25) is 12.2 Å². The molecular weight excluding hydrogens is 361 g/mol. The molecule has 0 fully saturated rings. The Morgan fingerprint density at radius 1 is 1.35 bits per heavy atom. The Balaban J connectivity index is 1.95. The van der Waals surface area contributed by atoms with Crippen LogP contribution >= 0.6 is 11.6 Å². The maximum Gasteiger partial charge on any atom is 0.252 e. The van der Waals surface area contributed by atoms with E-state index in [1.807, 2.05) is 6.92 Å². The molecule has 2 heterocycles. The Bertz CT molecular complexity index is 917. The van der Waals surface area contributed by atoms with Crippen LogP contribution < -0.4 is 10.1 Å². The maximum absolute atomic E-state index is 13.1. The zero-order chi connectivity index (χ0) is 19.0. The van der Waals surface area contributed by atoms with E-state index in [1.165, 1.54) is 0 Å². The zero-order valence-electron chi connectivity index (χ0n) is 14.4. The van der Waals surface area contributed by atoms with Crippen molar-refractivity contribution in [2.75, 3.05) is 7.05 Å². The Morgan fingerprint density at radius 2 is 2.08 bits per heavy atom. The van der Waals surface area contributed by atoms with Crippen molar-refractivity contribution in [2.45, 2.75) is 20.2 Å². The second kappa shape index (κ2) is 6.93. The van der Waals surface area contributed by atoms with Crippen LogP contribution in [0.25, 0.3) is 5.70 Å². The van der Waals surface area contributed by atoms with E-state index in [1.54, 1.807) is 37.1 Å². The van der Waals surface area contributed by atoms with E-state index >= 15 is 0 Å². The van der Waals surface area contributed by atoms with Gasteiger partial charge in [0.05, 0.1) is 11.9 Å². The smallest absolute Gasteiger partial charge is 0.252 e. The number of aryl methyl sites for hydroxylation is 1. The second-order valence-electron chi connectivity index (χ2n) is 5.95. The summed E-state index contributed by atoms with van der Waals surface area (Å²) in [5.74, 6) is -0.310. The molecular formula is C18H17ClFN3O3. The van der Waals surface area contributed by atoms with Crippen LogP contribution in [-0.4, -0.2) is 34.3 Å². The Kier molecular flexibility index (Phi) is 4.84. The van der Waals surface area contributed by atoms with E-state index in [-0.39, 0.29) is 16.8 Å².